The molecule has 1 saturated carbocycles. The number of carbonyl (C=O) groups excluding carboxylic acids is 1. The molecular weight excluding hydrogens is 720 g/mol. The standard InChI is InChI=1S/C41H59ClN4O5S.C2H6/c1-6-8-31-23-35(42)12-13-36(31)34-26-46-25-33-10-14-37(33)41(50-5,28-45-19-17-44(18-20-45)21-22-49-4)16-7-9-29(2)30(3)52(48)43-40(47)32-11-15-39(51-27-34)38(46)24-32;1-2/h7,11-13,15-16,23-24,29-30,33-34,37H,6,8-10,14,17-22,25-28H2,1-5H3,(H,43,47);1-2H3/b16-7+;. The quantitative estimate of drug-likeness (QED) is 0.265. The third-order valence-electron chi connectivity index (χ3n) is 12.2. The summed E-state index contributed by atoms with van der Waals surface area (Å²) in [5.41, 5.74) is 3.48. The molecule has 1 amide bonds. The summed E-state index contributed by atoms with van der Waals surface area (Å²) in [6.45, 7) is 19.0. The third kappa shape index (κ3) is 10.1. The average molecular weight is 786 g/mol. The van der Waals surface area contributed by atoms with E-state index in [4.69, 9.17) is 25.8 Å². The van der Waals surface area contributed by atoms with Crippen LogP contribution in [-0.4, -0.2) is 111 Å². The molecule has 7 unspecified atom stereocenters. The molecular formula is C43H65ClN4O5S. The van der Waals surface area contributed by atoms with Crippen molar-refractivity contribution >= 4 is 34.2 Å². The van der Waals surface area contributed by atoms with E-state index in [9.17, 15) is 9.00 Å². The molecule has 300 valence electrons. The molecule has 2 aromatic carbocycles. The van der Waals surface area contributed by atoms with Crippen molar-refractivity contribution in [2.45, 2.75) is 83.5 Å². The van der Waals surface area contributed by atoms with Crippen molar-refractivity contribution in [1.29, 1.82) is 0 Å². The Morgan fingerprint density at radius 2 is 1.78 bits per heavy atom. The first-order valence-electron chi connectivity index (χ1n) is 20.3. The van der Waals surface area contributed by atoms with Gasteiger partial charge < -0.3 is 19.1 Å². The first kappa shape index (κ1) is 42.7. The number of hydrogen-bond acceptors (Lipinski definition) is 8. The zero-order valence-electron chi connectivity index (χ0n) is 33.8. The Hall–Kier alpha value is -2.47. The molecule has 0 aromatic heterocycles. The van der Waals surface area contributed by atoms with Crippen molar-refractivity contribution in [3.05, 3.63) is 70.3 Å². The highest BCUT2D eigenvalue weighted by atomic mass is 35.5. The number of methoxy groups -OCH3 is 2. The van der Waals surface area contributed by atoms with Crippen molar-refractivity contribution in [2.24, 2.45) is 17.8 Å². The van der Waals surface area contributed by atoms with E-state index >= 15 is 0 Å². The summed E-state index contributed by atoms with van der Waals surface area (Å²) < 4.78 is 34.9. The van der Waals surface area contributed by atoms with Crippen molar-refractivity contribution in [3.63, 3.8) is 0 Å². The summed E-state index contributed by atoms with van der Waals surface area (Å²) in [6, 6.07) is 11.9. The number of fused-ring (bicyclic) bond motifs is 2. The molecule has 2 aromatic rings. The third-order valence-corrected chi connectivity index (χ3v) is 13.9. The molecule has 1 saturated heterocycles. The number of nitrogens with zero attached hydrogens (tertiary/aromatic N) is 3. The second kappa shape index (κ2) is 20.1. The Kier molecular flexibility index (Phi) is 15.9. The molecule has 1 aliphatic carbocycles. The van der Waals surface area contributed by atoms with E-state index in [-0.39, 0.29) is 23.0 Å². The van der Waals surface area contributed by atoms with Gasteiger partial charge in [0.25, 0.3) is 5.91 Å². The maximum absolute atomic E-state index is 13.6. The molecule has 3 aliphatic heterocycles. The molecule has 11 heteroatoms. The van der Waals surface area contributed by atoms with Crippen LogP contribution in [0, 0.1) is 17.8 Å². The number of ether oxygens (including phenoxy) is 3. The van der Waals surface area contributed by atoms with Crippen molar-refractivity contribution in [3.8, 4) is 5.75 Å². The number of piperazine rings is 1. The van der Waals surface area contributed by atoms with Gasteiger partial charge in [-0.2, -0.15) is 0 Å². The highest BCUT2D eigenvalue weighted by Gasteiger charge is 2.48. The number of nitrogens with one attached hydrogen (secondary N) is 1. The van der Waals surface area contributed by atoms with Gasteiger partial charge in [-0.05, 0) is 91.8 Å². The summed E-state index contributed by atoms with van der Waals surface area (Å²) in [6.07, 6.45) is 9.52. The minimum atomic E-state index is -1.55. The fourth-order valence-corrected chi connectivity index (χ4v) is 9.83. The molecule has 6 rings (SSSR count). The number of aryl methyl sites for hydroxylation is 1. The van der Waals surface area contributed by atoms with Gasteiger partial charge >= 0.3 is 0 Å². The van der Waals surface area contributed by atoms with Gasteiger partial charge in [0.2, 0.25) is 0 Å². The number of amides is 1. The topological polar surface area (TPSA) is 83.6 Å². The Morgan fingerprint density at radius 3 is 2.46 bits per heavy atom. The SMILES string of the molecule is CC.CCCc1cc(Cl)ccc1C1COc2ccc3cc2N(C1)CC1CCC1C(CN1CCN(CCOC)CC1)(OC)/C=C/CC(C)C(C)S(=O)NC3=O. The summed E-state index contributed by atoms with van der Waals surface area (Å²) in [5.74, 6) is 1.36. The normalized spacial score (nSPS) is 30.1. The van der Waals surface area contributed by atoms with Gasteiger partial charge in [-0.15, -0.1) is 0 Å². The molecule has 0 spiro atoms. The molecule has 2 fully saturated rings. The smallest absolute Gasteiger partial charge is 0.263 e. The van der Waals surface area contributed by atoms with Gasteiger partial charge in [-0.3, -0.25) is 19.3 Å². The largest absolute Gasteiger partial charge is 0.491 e. The first-order chi connectivity index (χ1) is 26.1. The fraction of sp³-hybridized carbons (Fsp3) is 0.651. The maximum atomic E-state index is 13.6. The number of anilines is 1. The van der Waals surface area contributed by atoms with E-state index in [1.54, 1.807) is 13.2 Å². The second-order valence-corrected chi connectivity index (χ2v) is 17.4. The summed E-state index contributed by atoms with van der Waals surface area (Å²) in [5, 5.41) is 0.526. The van der Waals surface area contributed by atoms with E-state index in [2.05, 4.69) is 57.6 Å². The lowest BCUT2D eigenvalue weighted by Gasteiger charge is -2.52. The van der Waals surface area contributed by atoms with Gasteiger partial charge in [0, 0.05) is 83.1 Å². The van der Waals surface area contributed by atoms with Crippen molar-refractivity contribution in [2.75, 3.05) is 84.7 Å². The Morgan fingerprint density at radius 1 is 1.02 bits per heavy atom. The van der Waals surface area contributed by atoms with Crippen LogP contribution >= 0.6 is 11.6 Å². The van der Waals surface area contributed by atoms with Gasteiger partial charge in [0.05, 0.1) is 24.2 Å². The molecule has 3 heterocycles. The molecule has 9 nitrogen and oxygen atoms in total. The number of rotatable bonds is 9. The molecule has 54 heavy (non-hydrogen) atoms. The minimum absolute atomic E-state index is 0.0969. The Labute approximate surface area is 332 Å². The molecule has 1 N–H and O–H groups in total. The van der Waals surface area contributed by atoms with Crippen LogP contribution in [0.15, 0.2) is 48.6 Å². The van der Waals surface area contributed by atoms with E-state index in [1.807, 2.05) is 46.1 Å². The van der Waals surface area contributed by atoms with Crippen molar-refractivity contribution in [1.82, 2.24) is 14.5 Å². The van der Waals surface area contributed by atoms with Crippen LogP contribution in [0.5, 0.6) is 5.75 Å². The van der Waals surface area contributed by atoms with Crippen LogP contribution in [-0.2, 0) is 26.9 Å². The van der Waals surface area contributed by atoms with Crippen LogP contribution < -0.4 is 14.4 Å². The van der Waals surface area contributed by atoms with Crippen molar-refractivity contribution < 1.29 is 23.2 Å². The van der Waals surface area contributed by atoms with Gasteiger partial charge in [-0.25, -0.2) is 4.21 Å². The number of carbonyl (C=O) groups is 1. The van der Waals surface area contributed by atoms with Gasteiger partial charge in [0.1, 0.15) is 22.3 Å². The predicted octanol–water partition coefficient (Wildman–Crippen LogP) is 7.35. The van der Waals surface area contributed by atoms with Crippen LogP contribution in [0.25, 0.3) is 0 Å². The van der Waals surface area contributed by atoms with E-state index in [1.165, 1.54) is 11.1 Å². The van der Waals surface area contributed by atoms with Crippen LogP contribution in [0.1, 0.15) is 87.7 Å². The summed E-state index contributed by atoms with van der Waals surface area (Å²) >= 11 is 6.50. The van der Waals surface area contributed by atoms with Crippen LogP contribution in [0.4, 0.5) is 5.69 Å². The lowest BCUT2D eigenvalue weighted by molar-refractivity contribution is -0.0956. The summed E-state index contributed by atoms with van der Waals surface area (Å²) in [7, 11) is 2.11. The van der Waals surface area contributed by atoms with Gasteiger partial charge in [-0.1, -0.05) is 63.9 Å². The molecule has 0 radical (unpaired) electrons. The highest BCUT2D eigenvalue weighted by molar-refractivity contribution is 7.84. The lowest BCUT2D eigenvalue weighted by atomic mass is 9.63. The van der Waals surface area contributed by atoms with E-state index in [0.29, 0.717) is 24.0 Å². The molecule has 2 bridgehead atoms. The lowest BCUT2D eigenvalue weighted by Crippen LogP contribution is -2.58. The fourth-order valence-electron chi connectivity index (χ4n) is 8.62. The minimum Gasteiger partial charge on any atom is -0.491 e. The number of halogens is 1. The average Bonchev–Trinajstić information content (AvgIpc) is 3.35. The number of hydrogen-bond donors (Lipinski definition) is 1. The van der Waals surface area contributed by atoms with Crippen LogP contribution in [0.3, 0.4) is 0 Å². The predicted molar refractivity (Wildman–Crippen MR) is 222 cm³/mol. The highest BCUT2D eigenvalue weighted by Crippen LogP contribution is 2.47. The maximum Gasteiger partial charge on any atom is 0.263 e. The monoisotopic (exact) mass is 784 g/mol. The zero-order chi connectivity index (χ0) is 38.8. The van der Waals surface area contributed by atoms with E-state index < -0.39 is 16.6 Å². The zero-order valence-corrected chi connectivity index (χ0v) is 35.4. The van der Waals surface area contributed by atoms with Gasteiger partial charge in [0.15, 0.2) is 0 Å². The molecule has 4 aliphatic rings. The Balaban J connectivity index is 0.00000276. The summed E-state index contributed by atoms with van der Waals surface area (Å²) in [4.78, 5) is 21.1. The second-order valence-electron chi connectivity index (χ2n) is 15.5. The Bertz CT molecular complexity index is 1580. The number of benzene rings is 2. The van der Waals surface area contributed by atoms with Crippen LogP contribution in [0.2, 0.25) is 5.02 Å². The van der Waals surface area contributed by atoms with E-state index in [0.717, 1.165) is 108 Å². The first-order valence-corrected chi connectivity index (χ1v) is 21.9. The number of allylic oxidation sites excluding steroid dienone is 1. The molecule has 7 atom stereocenters.